The van der Waals surface area contributed by atoms with E-state index in [-0.39, 0.29) is 12.5 Å². The van der Waals surface area contributed by atoms with E-state index < -0.39 is 5.83 Å². The Bertz CT molecular complexity index is 377. The highest BCUT2D eigenvalue weighted by Crippen LogP contribution is 2.22. The third-order valence-corrected chi connectivity index (χ3v) is 2.83. The van der Waals surface area contributed by atoms with Crippen LogP contribution in [0.15, 0.2) is 23.4 Å². The van der Waals surface area contributed by atoms with Gasteiger partial charge in [0.1, 0.15) is 0 Å². The van der Waals surface area contributed by atoms with E-state index in [1.165, 1.54) is 6.20 Å². The fraction of sp³-hybridized carbons (Fsp3) is 0.500. The van der Waals surface area contributed by atoms with Gasteiger partial charge in [-0.05, 0) is 0 Å². The molecule has 1 fully saturated rings. The van der Waals surface area contributed by atoms with Crippen molar-refractivity contribution in [2.45, 2.75) is 0 Å². The summed E-state index contributed by atoms with van der Waals surface area (Å²) in [6.07, 6.45) is 1.29. The minimum Gasteiger partial charge on any atom is -0.399 e. The van der Waals surface area contributed by atoms with Gasteiger partial charge in [0.05, 0.1) is 24.5 Å². The van der Waals surface area contributed by atoms with Crippen LogP contribution in [0.2, 0.25) is 0 Å². The Morgan fingerprint density at radius 1 is 1.50 bits per heavy atom. The third-order valence-electron chi connectivity index (χ3n) is 2.83. The van der Waals surface area contributed by atoms with Crippen molar-refractivity contribution in [3.05, 3.63) is 23.4 Å². The minimum absolute atomic E-state index is 0.0158. The van der Waals surface area contributed by atoms with Gasteiger partial charge in [-0.2, -0.15) is 0 Å². The van der Waals surface area contributed by atoms with Crippen LogP contribution in [0.4, 0.5) is 4.39 Å². The number of carbonyl (C=O) groups is 1. The molecular weight excluding hydrogens is 211 g/mol. The van der Waals surface area contributed by atoms with Gasteiger partial charge in [-0.25, -0.2) is 4.39 Å². The van der Waals surface area contributed by atoms with Crippen molar-refractivity contribution in [2.24, 2.45) is 5.73 Å². The zero-order valence-corrected chi connectivity index (χ0v) is 9.16. The molecule has 5 nitrogen and oxygen atoms in total. The molecule has 0 saturated carbocycles. The number of amides is 1. The monoisotopic (exact) mass is 226 g/mol. The highest BCUT2D eigenvalue weighted by molar-refractivity contribution is 5.79. The van der Waals surface area contributed by atoms with Crippen LogP contribution in [0.3, 0.4) is 0 Å². The molecule has 0 aromatic carbocycles. The molecule has 2 aliphatic heterocycles. The van der Waals surface area contributed by atoms with E-state index in [1.807, 2.05) is 0 Å². The van der Waals surface area contributed by atoms with Gasteiger partial charge in [0.2, 0.25) is 5.91 Å². The molecule has 88 valence electrons. The first-order chi connectivity index (χ1) is 7.59. The zero-order valence-electron chi connectivity index (χ0n) is 9.16. The number of nitrogens with one attached hydrogen (secondary N) is 1. The molecule has 0 aromatic rings. The normalized spacial score (nSPS) is 22.1. The van der Waals surface area contributed by atoms with Gasteiger partial charge in [0.15, 0.2) is 5.83 Å². The summed E-state index contributed by atoms with van der Waals surface area (Å²) in [6.45, 7) is 1.81. The van der Waals surface area contributed by atoms with Crippen LogP contribution in [0.1, 0.15) is 0 Å². The van der Waals surface area contributed by atoms with Gasteiger partial charge >= 0.3 is 0 Å². The van der Waals surface area contributed by atoms with Crippen LogP contribution in [-0.4, -0.2) is 48.9 Å². The first kappa shape index (κ1) is 10.8. The maximum atomic E-state index is 13.6. The summed E-state index contributed by atoms with van der Waals surface area (Å²) >= 11 is 0. The Kier molecular flexibility index (Phi) is 2.72. The zero-order chi connectivity index (χ0) is 11.7. The second kappa shape index (κ2) is 4.03. The average Bonchev–Trinajstić information content (AvgIpc) is 2.23. The van der Waals surface area contributed by atoms with Crippen molar-refractivity contribution in [1.82, 2.24) is 15.1 Å². The summed E-state index contributed by atoms with van der Waals surface area (Å²) in [6, 6.07) is 0. The molecule has 2 rings (SSSR count). The molecule has 16 heavy (non-hydrogen) atoms. The number of carbonyl (C=O) groups excluding carboxylic acids is 1. The van der Waals surface area contributed by atoms with Crippen molar-refractivity contribution in [3.63, 3.8) is 0 Å². The maximum absolute atomic E-state index is 13.6. The lowest BCUT2D eigenvalue weighted by molar-refractivity contribution is -0.133. The van der Waals surface area contributed by atoms with Crippen LogP contribution in [0, 0.1) is 0 Å². The van der Waals surface area contributed by atoms with Crippen molar-refractivity contribution >= 4 is 5.91 Å². The molecule has 0 unspecified atom stereocenters. The van der Waals surface area contributed by atoms with Gasteiger partial charge in [-0.1, -0.05) is 0 Å². The summed E-state index contributed by atoms with van der Waals surface area (Å²) in [4.78, 5) is 14.9. The number of dihydropyridines is 1. The van der Waals surface area contributed by atoms with Crippen molar-refractivity contribution in [3.8, 4) is 0 Å². The van der Waals surface area contributed by atoms with Crippen molar-refractivity contribution in [2.75, 3.05) is 33.2 Å². The molecule has 1 saturated heterocycles. The van der Waals surface area contributed by atoms with Crippen LogP contribution in [-0.2, 0) is 4.79 Å². The highest BCUT2D eigenvalue weighted by atomic mass is 19.1. The number of likely N-dealkylation sites (N-methyl/N-ethyl adjacent to an activating group) is 1. The average molecular weight is 226 g/mol. The summed E-state index contributed by atoms with van der Waals surface area (Å²) in [5, 5.41) is 2.73. The molecule has 6 heteroatoms. The SMILES string of the molecule is CN1CCN(C2=C(N)CNC=C2F)CC1=O. The molecule has 2 aliphatic rings. The van der Waals surface area contributed by atoms with Crippen molar-refractivity contribution < 1.29 is 9.18 Å². The lowest BCUT2D eigenvalue weighted by Crippen LogP contribution is -2.49. The molecule has 3 N–H and O–H groups in total. The van der Waals surface area contributed by atoms with Crippen LogP contribution in [0.5, 0.6) is 0 Å². The van der Waals surface area contributed by atoms with E-state index in [4.69, 9.17) is 5.73 Å². The van der Waals surface area contributed by atoms with E-state index in [0.29, 0.717) is 31.0 Å². The van der Waals surface area contributed by atoms with Gasteiger partial charge in [-0.15, -0.1) is 0 Å². The summed E-state index contributed by atoms with van der Waals surface area (Å²) in [7, 11) is 1.74. The number of nitrogens with two attached hydrogens (primary N) is 1. The minimum atomic E-state index is -0.402. The summed E-state index contributed by atoms with van der Waals surface area (Å²) in [5.41, 5.74) is 6.55. The summed E-state index contributed by atoms with van der Waals surface area (Å²) in [5.74, 6) is -0.418. The second-order valence-electron chi connectivity index (χ2n) is 3.98. The molecule has 0 aliphatic carbocycles. The molecular formula is C10H15FN4O. The fourth-order valence-electron chi connectivity index (χ4n) is 1.86. The number of halogens is 1. The van der Waals surface area contributed by atoms with Gasteiger partial charge in [-0.3, -0.25) is 4.79 Å². The van der Waals surface area contributed by atoms with E-state index >= 15 is 0 Å². The summed E-state index contributed by atoms with van der Waals surface area (Å²) < 4.78 is 13.6. The molecule has 0 aromatic heterocycles. The number of hydrogen-bond acceptors (Lipinski definition) is 4. The molecule has 2 heterocycles. The number of hydrogen-bond donors (Lipinski definition) is 2. The van der Waals surface area contributed by atoms with Gasteiger partial charge in [0.25, 0.3) is 0 Å². The highest BCUT2D eigenvalue weighted by Gasteiger charge is 2.27. The van der Waals surface area contributed by atoms with Crippen LogP contribution >= 0.6 is 0 Å². The van der Waals surface area contributed by atoms with Crippen LogP contribution < -0.4 is 11.1 Å². The molecule has 1 amide bonds. The van der Waals surface area contributed by atoms with E-state index in [0.717, 1.165) is 0 Å². The van der Waals surface area contributed by atoms with Crippen molar-refractivity contribution in [1.29, 1.82) is 0 Å². The molecule has 0 spiro atoms. The number of piperazine rings is 1. The Morgan fingerprint density at radius 3 is 2.88 bits per heavy atom. The number of rotatable bonds is 1. The molecule has 0 radical (unpaired) electrons. The number of allylic oxidation sites excluding steroid dienone is 1. The maximum Gasteiger partial charge on any atom is 0.241 e. The van der Waals surface area contributed by atoms with E-state index in [2.05, 4.69) is 5.32 Å². The first-order valence-electron chi connectivity index (χ1n) is 5.16. The van der Waals surface area contributed by atoms with Gasteiger partial charge in [0, 0.05) is 26.3 Å². The Morgan fingerprint density at radius 2 is 2.25 bits per heavy atom. The quantitative estimate of drug-likeness (QED) is 0.623. The lowest BCUT2D eigenvalue weighted by atomic mass is 10.2. The Hall–Kier alpha value is -1.72. The van der Waals surface area contributed by atoms with Crippen LogP contribution in [0.25, 0.3) is 0 Å². The van der Waals surface area contributed by atoms with Gasteiger partial charge < -0.3 is 20.9 Å². The largest absolute Gasteiger partial charge is 0.399 e. The smallest absolute Gasteiger partial charge is 0.241 e. The predicted molar refractivity (Wildman–Crippen MR) is 57.6 cm³/mol. The predicted octanol–water partition coefficient (Wildman–Crippen LogP) is -0.655. The van der Waals surface area contributed by atoms with E-state index in [9.17, 15) is 9.18 Å². The fourth-order valence-corrected chi connectivity index (χ4v) is 1.86. The standard InChI is InChI=1S/C10H15FN4O/c1-14-2-3-15(6-9(14)16)10-7(11)4-13-5-8(10)12/h4,13H,2-3,5-6,12H2,1H3. The molecule has 0 atom stereocenters. The second-order valence-corrected chi connectivity index (χ2v) is 3.98. The third kappa shape index (κ3) is 1.82. The molecule has 0 bridgehead atoms. The Balaban J connectivity index is 2.19. The number of nitrogens with zero attached hydrogens (tertiary/aromatic N) is 2. The Labute approximate surface area is 93.4 Å². The first-order valence-corrected chi connectivity index (χ1v) is 5.16. The van der Waals surface area contributed by atoms with E-state index in [1.54, 1.807) is 16.8 Å². The lowest BCUT2D eigenvalue weighted by Gasteiger charge is -2.36. The topological polar surface area (TPSA) is 61.6 Å².